The molecule has 0 aliphatic heterocycles. The monoisotopic (exact) mass is 212 g/mol. The van der Waals surface area contributed by atoms with E-state index in [0.717, 1.165) is 0 Å². The molecule has 0 saturated carbocycles. The van der Waals surface area contributed by atoms with Gasteiger partial charge in [0, 0.05) is 12.1 Å². The van der Waals surface area contributed by atoms with Gasteiger partial charge in [-0.2, -0.15) is 0 Å². The van der Waals surface area contributed by atoms with Crippen LogP contribution in [-0.4, -0.2) is 30.3 Å². The third-order valence-corrected chi connectivity index (χ3v) is 1.82. The lowest BCUT2D eigenvalue weighted by atomic mass is 10.2. The van der Waals surface area contributed by atoms with Crippen LogP contribution in [0.15, 0.2) is 12.1 Å². The van der Waals surface area contributed by atoms with Crippen molar-refractivity contribution in [3.63, 3.8) is 0 Å². The highest BCUT2D eigenvalue weighted by atomic mass is 16.5. The van der Waals surface area contributed by atoms with Crippen molar-refractivity contribution in [1.29, 1.82) is 0 Å². The van der Waals surface area contributed by atoms with E-state index in [1.807, 2.05) is 0 Å². The van der Waals surface area contributed by atoms with E-state index >= 15 is 0 Å². The number of aromatic nitrogens is 1. The van der Waals surface area contributed by atoms with Gasteiger partial charge in [0.25, 0.3) is 0 Å². The molecule has 0 amide bonds. The van der Waals surface area contributed by atoms with Crippen LogP contribution in [0, 0.1) is 0 Å². The molecule has 0 aromatic carbocycles. The highest BCUT2D eigenvalue weighted by molar-refractivity contribution is 5.74. The average molecular weight is 212 g/mol. The van der Waals surface area contributed by atoms with Crippen molar-refractivity contribution in [2.45, 2.75) is 6.04 Å². The van der Waals surface area contributed by atoms with Crippen LogP contribution < -0.4 is 15.2 Å². The average Bonchev–Trinajstić information content (AvgIpc) is 2.27. The van der Waals surface area contributed by atoms with Gasteiger partial charge in [-0.3, -0.25) is 4.79 Å². The van der Waals surface area contributed by atoms with Gasteiger partial charge in [0.15, 0.2) is 0 Å². The number of aliphatic carboxylic acids is 1. The minimum atomic E-state index is -1.19. The predicted molar refractivity (Wildman–Crippen MR) is 51.9 cm³/mol. The number of rotatable bonds is 4. The zero-order valence-electron chi connectivity index (χ0n) is 8.43. The van der Waals surface area contributed by atoms with Crippen LogP contribution in [0.3, 0.4) is 0 Å². The van der Waals surface area contributed by atoms with Crippen LogP contribution in [0.4, 0.5) is 0 Å². The van der Waals surface area contributed by atoms with Crippen molar-refractivity contribution < 1.29 is 19.4 Å². The van der Waals surface area contributed by atoms with E-state index in [1.54, 1.807) is 0 Å². The summed E-state index contributed by atoms with van der Waals surface area (Å²) in [6.45, 7) is 0. The first-order valence-corrected chi connectivity index (χ1v) is 4.17. The summed E-state index contributed by atoms with van der Waals surface area (Å²) in [5.41, 5.74) is 5.61. The smallest absolute Gasteiger partial charge is 0.326 e. The number of carboxylic acid groups (broad SMARTS) is 1. The standard InChI is InChI=1S/C9H12N2O4/c1-14-5-3-6(8(10)9(12)13)11-7(4-5)15-2/h3-4,8H,10H2,1-2H3,(H,12,13). The molecule has 1 aromatic heterocycles. The molecule has 0 aliphatic carbocycles. The summed E-state index contributed by atoms with van der Waals surface area (Å²) in [6.07, 6.45) is 0. The second kappa shape index (κ2) is 4.61. The van der Waals surface area contributed by atoms with Gasteiger partial charge in [0.05, 0.1) is 19.9 Å². The van der Waals surface area contributed by atoms with Gasteiger partial charge in [0.2, 0.25) is 5.88 Å². The molecular formula is C9H12N2O4. The number of hydrogen-bond donors (Lipinski definition) is 2. The quantitative estimate of drug-likeness (QED) is 0.739. The van der Waals surface area contributed by atoms with Gasteiger partial charge in [-0.25, -0.2) is 4.98 Å². The summed E-state index contributed by atoms with van der Waals surface area (Å²) in [5, 5.41) is 8.72. The Morgan fingerprint density at radius 3 is 2.60 bits per heavy atom. The highest BCUT2D eigenvalue weighted by Crippen LogP contribution is 2.21. The van der Waals surface area contributed by atoms with Gasteiger partial charge >= 0.3 is 5.97 Å². The maximum atomic E-state index is 10.7. The Kier molecular flexibility index (Phi) is 3.46. The number of ether oxygens (including phenoxy) is 2. The molecule has 6 heteroatoms. The molecule has 0 aliphatic rings. The summed E-state index contributed by atoms with van der Waals surface area (Å²) in [6, 6.07) is 1.81. The highest BCUT2D eigenvalue weighted by Gasteiger charge is 2.17. The second-order valence-electron chi connectivity index (χ2n) is 2.79. The largest absolute Gasteiger partial charge is 0.496 e. The van der Waals surface area contributed by atoms with Gasteiger partial charge < -0.3 is 20.3 Å². The Balaban J connectivity index is 3.11. The van der Waals surface area contributed by atoms with Crippen LogP contribution in [0.1, 0.15) is 11.7 Å². The molecule has 0 bridgehead atoms. The number of carboxylic acids is 1. The molecular weight excluding hydrogens is 200 g/mol. The van der Waals surface area contributed by atoms with E-state index in [0.29, 0.717) is 5.75 Å². The lowest BCUT2D eigenvalue weighted by Crippen LogP contribution is -2.22. The number of methoxy groups -OCH3 is 2. The van der Waals surface area contributed by atoms with E-state index in [4.69, 9.17) is 20.3 Å². The normalized spacial score (nSPS) is 11.9. The van der Waals surface area contributed by atoms with E-state index in [2.05, 4.69) is 4.98 Å². The molecule has 6 nitrogen and oxygen atoms in total. The molecule has 0 spiro atoms. The molecule has 1 heterocycles. The third-order valence-electron chi connectivity index (χ3n) is 1.82. The van der Waals surface area contributed by atoms with Crippen molar-refractivity contribution in [2.24, 2.45) is 5.73 Å². The number of nitrogens with zero attached hydrogens (tertiary/aromatic N) is 1. The number of carbonyl (C=O) groups is 1. The summed E-state index contributed by atoms with van der Waals surface area (Å²) in [5.74, 6) is -0.438. The third kappa shape index (κ3) is 2.57. The Morgan fingerprint density at radius 2 is 2.13 bits per heavy atom. The molecule has 1 rings (SSSR count). The van der Waals surface area contributed by atoms with Crippen molar-refractivity contribution in [2.75, 3.05) is 14.2 Å². The van der Waals surface area contributed by atoms with Crippen LogP contribution >= 0.6 is 0 Å². The van der Waals surface area contributed by atoms with E-state index in [1.165, 1.54) is 26.4 Å². The molecule has 0 fully saturated rings. The zero-order chi connectivity index (χ0) is 11.4. The minimum Gasteiger partial charge on any atom is -0.496 e. The predicted octanol–water partition coefficient (Wildman–Crippen LogP) is 0.183. The van der Waals surface area contributed by atoms with Gasteiger partial charge in [0.1, 0.15) is 11.8 Å². The van der Waals surface area contributed by atoms with Gasteiger partial charge in [-0.05, 0) is 0 Å². The molecule has 1 atom stereocenters. The van der Waals surface area contributed by atoms with Gasteiger partial charge in [-0.15, -0.1) is 0 Å². The maximum Gasteiger partial charge on any atom is 0.326 e. The van der Waals surface area contributed by atoms with Crippen molar-refractivity contribution >= 4 is 5.97 Å². The Bertz CT molecular complexity index is 345. The maximum absolute atomic E-state index is 10.7. The summed E-state index contributed by atoms with van der Waals surface area (Å²) < 4.78 is 9.85. The van der Waals surface area contributed by atoms with Crippen LogP contribution in [-0.2, 0) is 4.79 Å². The van der Waals surface area contributed by atoms with Crippen molar-refractivity contribution in [3.05, 3.63) is 17.8 Å². The summed E-state index contributed by atoms with van der Waals surface area (Å²) >= 11 is 0. The number of nitrogens with two attached hydrogens (primary N) is 1. The lowest BCUT2D eigenvalue weighted by molar-refractivity contribution is -0.138. The molecule has 3 N–H and O–H groups in total. The van der Waals surface area contributed by atoms with E-state index in [9.17, 15) is 4.79 Å². The van der Waals surface area contributed by atoms with Crippen LogP contribution in [0.25, 0.3) is 0 Å². The Hall–Kier alpha value is -1.82. The van der Waals surface area contributed by atoms with E-state index < -0.39 is 12.0 Å². The molecule has 15 heavy (non-hydrogen) atoms. The molecule has 1 aromatic rings. The first kappa shape index (κ1) is 11.3. The molecule has 1 unspecified atom stereocenters. The van der Waals surface area contributed by atoms with Gasteiger partial charge in [-0.1, -0.05) is 0 Å². The van der Waals surface area contributed by atoms with Crippen molar-refractivity contribution in [3.8, 4) is 11.6 Å². The summed E-state index contributed by atoms with van der Waals surface area (Å²) in [7, 11) is 2.89. The molecule has 0 radical (unpaired) electrons. The Labute approximate surface area is 86.6 Å². The molecule has 0 saturated heterocycles. The first-order valence-electron chi connectivity index (χ1n) is 4.17. The molecule has 82 valence electrons. The topological polar surface area (TPSA) is 94.7 Å². The van der Waals surface area contributed by atoms with Crippen LogP contribution in [0.2, 0.25) is 0 Å². The van der Waals surface area contributed by atoms with Crippen molar-refractivity contribution in [1.82, 2.24) is 4.98 Å². The summed E-state index contributed by atoms with van der Waals surface area (Å²) in [4.78, 5) is 14.6. The second-order valence-corrected chi connectivity index (χ2v) is 2.79. The fourth-order valence-electron chi connectivity index (χ4n) is 1.01. The van der Waals surface area contributed by atoms with Crippen LogP contribution in [0.5, 0.6) is 11.6 Å². The minimum absolute atomic E-state index is 0.193. The zero-order valence-corrected chi connectivity index (χ0v) is 8.43. The number of hydrogen-bond acceptors (Lipinski definition) is 5. The number of pyridine rings is 1. The Morgan fingerprint density at radius 1 is 1.47 bits per heavy atom. The fraction of sp³-hybridized carbons (Fsp3) is 0.333. The fourth-order valence-corrected chi connectivity index (χ4v) is 1.01. The lowest BCUT2D eigenvalue weighted by Gasteiger charge is -2.09. The van der Waals surface area contributed by atoms with E-state index in [-0.39, 0.29) is 11.6 Å². The first-order chi connectivity index (χ1) is 7.08. The SMILES string of the molecule is COc1cc(OC)nc(C(N)C(=O)O)c1.